The van der Waals surface area contributed by atoms with Crippen LogP contribution in [-0.4, -0.2) is 59.7 Å². The molecular weight excluding hydrogens is 665 g/mol. The zero-order valence-electron chi connectivity index (χ0n) is 32.3. The lowest BCUT2D eigenvalue weighted by Crippen LogP contribution is -2.30. The molecule has 1 aliphatic heterocycles. The molecular formula is C41H60N2O7S. The van der Waals surface area contributed by atoms with Gasteiger partial charge < -0.3 is 29.7 Å². The lowest BCUT2D eigenvalue weighted by molar-refractivity contribution is -0.145. The Morgan fingerprint density at radius 1 is 1.04 bits per heavy atom. The van der Waals surface area contributed by atoms with E-state index in [2.05, 4.69) is 5.32 Å². The molecule has 1 amide bonds. The van der Waals surface area contributed by atoms with Crippen molar-refractivity contribution < 1.29 is 34.0 Å². The maximum absolute atomic E-state index is 13.2. The molecule has 0 spiro atoms. The number of methoxy groups -OCH3 is 1. The van der Waals surface area contributed by atoms with Crippen LogP contribution in [0.3, 0.4) is 0 Å². The van der Waals surface area contributed by atoms with Gasteiger partial charge in [-0.05, 0) is 52.0 Å². The molecule has 0 saturated carbocycles. The first kappa shape index (κ1) is 43.6. The second-order valence-electron chi connectivity index (χ2n) is 14.0. The van der Waals surface area contributed by atoms with Crippen molar-refractivity contribution in [3.63, 3.8) is 0 Å². The molecule has 10 heteroatoms. The first-order valence-corrected chi connectivity index (χ1v) is 18.6. The van der Waals surface area contributed by atoms with Gasteiger partial charge in [0.2, 0.25) is 0 Å². The minimum absolute atomic E-state index is 0.143. The van der Waals surface area contributed by atoms with E-state index in [1.54, 1.807) is 25.3 Å². The number of amides is 1. The summed E-state index contributed by atoms with van der Waals surface area (Å²) in [5, 5.41) is 26.9. The first-order chi connectivity index (χ1) is 24.1. The number of ether oxygens (including phenoxy) is 3. The maximum Gasteiger partial charge on any atom is 0.407 e. The second kappa shape index (κ2) is 21.7. The summed E-state index contributed by atoms with van der Waals surface area (Å²) in [7, 11) is 3.14. The summed E-state index contributed by atoms with van der Waals surface area (Å²) >= 11 is 1.36. The Labute approximate surface area is 309 Å². The summed E-state index contributed by atoms with van der Waals surface area (Å²) in [4.78, 5) is 30.2. The summed E-state index contributed by atoms with van der Waals surface area (Å²) < 4.78 is 17.5. The van der Waals surface area contributed by atoms with Crippen LogP contribution < -0.4 is 5.32 Å². The average Bonchev–Trinajstić information content (AvgIpc) is 3.55. The van der Waals surface area contributed by atoms with E-state index in [0.717, 1.165) is 22.3 Å². The zero-order valence-corrected chi connectivity index (χ0v) is 33.1. The Morgan fingerprint density at radius 3 is 2.39 bits per heavy atom. The molecule has 0 bridgehead atoms. The predicted octanol–water partition coefficient (Wildman–Crippen LogP) is 8.67. The number of nitrogens with zero attached hydrogens (tertiary/aromatic N) is 1. The van der Waals surface area contributed by atoms with Gasteiger partial charge in [0.25, 0.3) is 0 Å². The van der Waals surface area contributed by atoms with Gasteiger partial charge in [-0.3, -0.25) is 0 Å². The van der Waals surface area contributed by atoms with E-state index < -0.39 is 36.5 Å². The summed E-state index contributed by atoms with van der Waals surface area (Å²) in [5.74, 6) is -0.937. The highest BCUT2D eigenvalue weighted by molar-refractivity contribution is 7.09. The fourth-order valence-electron chi connectivity index (χ4n) is 5.82. The fraction of sp³-hybridized carbons (Fsp3) is 0.537. The topological polar surface area (TPSA) is 127 Å². The van der Waals surface area contributed by atoms with Crippen LogP contribution in [0.25, 0.3) is 0 Å². The van der Waals surface area contributed by atoms with E-state index in [0.29, 0.717) is 23.5 Å². The summed E-state index contributed by atoms with van der Waals surface area (Å²) in [6.07, 6.45) is 15.9. The Kier molecular flexibility index (Phi) is 18.6. The molecule has 8 unspecified atom stereocenters. The molecule has 0 aromatic carbocycles. The molecule has 0 fully saturated rings. The Morgan fingerprint density at radius 2 is 1.75 bits per heavy atom. The molecule has 2 heterocycles. The molecule has 3 N–H and O–H groups in total. The monoisotopic (exact) mass is 724 g/mol. The standard InChI is InChI=1S/C41H60N2O7S/c1-25(2)20-36(49-41(47)42-10)40-43-33(24-51-40)39-30(7)16-13-15-29(6)38(48-11)32(9)34(44)19-18-27(4)21-28(5)22-31(8)35(45)23-26(3)14-12-17-37(46)50-39/h12-13,15-19,21-25,30-32,34-36,38-39,44-45H,14,20H2,1-11H3,(H,42,47)/b16-13+,17-12+,19-18+,26-23+,27-21-,28-22-,29-15+. The minimum atomic E-state index is -0.754. The second-order valence-corrected chi connectivity index (χ2v) is 14.9. The number of carbonyl (C=O) groups excluding carboxylic acids is 2. The van der Waals surface area contributed by atoms with Gasteiger partial charge in [0.1, 0.15) is 5.01 Å². The lowest BCUT2D eigenvalue weighted by atomic mass is 9.91. The van der Waals surface area contributed by atoms with Crippen molar-refractivity contribution in [3.05, 3.63) is 99.1 Å². The Bertz CT molecular complexity index is 1500. The van der Waals surface area contributed by atoms with E-state index in [9.17, 15) is 19.8 Å². The van der Waals surface area contributed by atoms with Crippen molar-refractivity contribution in [1.82, 2.24) is 10.3 Å². The number of esters is 1. The smallest absolute Gasteiger partial charge is 0.407 e. The van der Waals surface area contributed by atoms with E-state index in [1.165, 1.54) is 24.5 Å². The van der Waals surface area contributed by atoms with Crippen LogP contribution in [0.2, 0.25) is 0 Å². The van der Waals surface area contributed by atoms with Gasteiger partial charge in [-0.25, -0.2) is 14.6 Å². The number of thiazole rings is 1. The highest BCUT2D eigenvalue weighted by atomic mass is 32.1. The summed E-state index contributed by atoms with van der Waals surface area (Å²) in [6, 6.07) is 0. The number of aromatic nitrogens is 1. The van der Waals surface area contributed by atoms with Crippen LogP contribution in [0.15, 0.2) is 88.4 Å². The number of hydrogen-bond acceptors (Lipinski definition) is 9. The molecule has 0 saturated heterocycles. The van der Waals surface area contributed by atoms with Crippen LogP contribution in [0.1, 0.15) is 98.1 Å². The van der Waals surface area contributed by atoms with Crippen LogP contribution in [0.4, 0.5) is 4.79 Å². The number of aliphatic hydroxyl groups is 2. The Balaban J connectivity index is 2.55. The van der Waals surface area contributed by atoms with Gasteiger partial charge in [-0.2, -0.15) is 0 Å². The van der Waals surface area contributed by atoms with Gasteiger partial charge in [-0.15, -0.1) is 11.3 Å². The number of alkyl carbamates (subject to hydrolysis) is 1. The normalized spacial score (nSPS) is 33.0. The van der Waals surface area contributed by atoms with Crippen molar-refractivity contribution in [2.45, 2.75) is 106 Å². The zero-order chi connectivity index (χ0) is 38.2. The summed E-state index contributed by atoms with van der Waals surface area (Å²) in [5.41, 5.74) is 4.37. The number of carbonyl (C=O) groups is 2. The number of rotatable bonds is 6. The molecule has 0 radical (unpaired) electrons. The van der Waals surface area contributed by atoms with E-state index >= 15 is 0 Å². The van der Waals surface area contributed by atoms with Gasteiger partial charge in [-0.1, -0.05) is 106 Å². The van der Waals surface area contributed by atoms with Gasteiger partial charge in [0.05, 0.1) is 24.0 Å². The highest BCUT2D eigenvalue weighted by Gasteiger charge is 2.28. The van der Waals surface area contributed by atoms with Crippen molar-refractivity contribution >= 4 is 23.4 Å². The molecule has 8 atom stereocenters. The lowest BCUT2D eigenvalue weighted by Gasteiger charge is -2.26. The van der Waals surface area contributed by atoms with E-state index in [1.807, 2.05) is 104 Å². The average molecular weight is 725 g/mol. The molecule has 2 rings (SSSR count). The van der Waals surface area contributed by atoms with Crippen molar-refractivity contribution in [2.24, 2.45) is 23.7 Å². The molecule has 1 aromatic heterocycles. The van der Waals surface area contributed by atoms with Crippen molar-refractivity contribution in [3.8, 4) is 0 Å². The third-order valence-corrected chi connectivity index (χ3v) is 9.64. The van der Waals surface area contributed by atoms with Crippen LogP contribution in [0, 0.1) is 23.7 Å². The van der Waals surface area contributed by atoms with Crippen LogP contribution >= 0.6 is 11.3 Å². The number of aliphatic hydroxyl groups excluding tert-OH is 2. The molecule has 9 nitrogen and oxygen atoms in total. The first-order valence-electron chi connectivity index (χ1n) is 17.7. The van der Waals surface area contributed by atoms with E-state index in [4.69, 9.17) is 19.2 Å². The molecule has 1 aliphatic rings. The van der Waals surface area contributed by atoms with Gasteiger partial charge in [0, 0.05) is 43.4 Å². The van der Waals surface area contributed by atoms with Gasteiger partial charge in [0.15, 0.2) is 12.2 Å². The summed E-state index contributed by atoms with van der Waals surface area (Å²) in [6.45, 7) is 17.8. The molecule has 282 valence electrons. The number of nitrogens with one attached hydrogen (secondary N) is 1. The molecule has 0 aliphatic carbocycles. The minimum Gasteiger partial charge on any atom is -0.452 e. The molecule has 51 heavy (non-hydrogen) atoms. The quantitative estimate of drug-likeness (QED) is 0.197. The Hall–Kier alpha value is -3.57. The maximum atomic E-state index is 13.2. The van der Waals surface area contributed by atoms with Crippen molar-refractivity contribution in [2.75, 3.05) is 14.2 Å². The van der Waals surface area contributed by atoms with E-state index in [-0.39, 0.29) is 29.8 Å². The van der Waals surface area contributed by atoms with Gasteiger partial charge >= 0.3 is 12.1 Å². The number of cyclic esters (lactones) is 1. The van der Waals surface area contributed by atoms with Crippen LogP contribution in [-0.2, 0) is 19.0 Å². The number of hydrogen-bond donors (Lipinski definition) is 3. The third kappa shape index (κ3) is 14.9. The van der Waals surface area contributed by atoms with Crippen molar-refractivity contribution in [1.29, 1.82) is 0 Å². The fourth-order valence-corrected chi connectivity index (χ4v) is 6.70. The predicted molar refractivity (Wildman–Crippen MR) is 206 cm³/mol. The number of allylic oxidation sites excluding steroid dienone is 8. The highest BCUT2D eigenvalue weighted by Crippen LogP contribution is 2.34. The largest absolute Gasteiger partial charge is 0.452 e. The third-order valence-electron chi connectivity index (χ3n) is 8.68. The van der Waals surface area contributed by atoms with Crippen LogP contribution in [0.5, 0.6) is 0 Å². The SMILES string of the molecule is CNC(=O)OC(CC(C)C)c1nc(C2OC(=O)/C=C/C/C(C)=C/C(O)C(C)\C=C(C)/C=C(C)\C=C\C(O)C(C)C(OC)/C(C)=C/C=C/C2C)cs1. The molecule has 1 aromatic rings.